The summed E-state index contributed by atoms with van der Waals surface area (Å²) in [4.78, 5) is 21.6. The van der Waals surface area contributed by atoms with E-state index in [1.54, 1.807) is 6.20 Å². The fraction of sp³-hybridized carbons (Fsp3) is 0.333. The third-order valence-corrected chi connectivity index (χ3v) is 2.89. The number of hydrogen-bond acceptors (Lipinski definition) is 3. The van der Waals surface area contributed by atoms with Gasteiger partial charge < -0.3 is 4.40 Å². The van der Waals surface area contributed by atoms with Crippen molar-refractivity contribution in [1.29, 1.82) is 0 Å². The van der Waals surface area contributed by atoms with Crippen LogP contribution in [0.15, 0.2) is 24.4 Å². The Morgan fingerprint density at radius 3 is 3.06 bits per heavy atom. The lowest BCUT2D eigenvalue weighted by Crippen LogP contribution is -2.26. The molecular weight excluding hydrogens is 218 g/mol. The summed E-state index contributed by atoms with van der Waals surface area (Å²) < 4.78 is 1.91. The molecule has 5 nitrogen and oxygen atoms in total. The molecule has 1 aliphatic heterocycles. The first-order chi connectivity index (χ1) is 8.25. The summed E-state index contributed by atoms with van der Waals surface area (Å²) in [7, 11) is 0. The minimum atomic E-state index is -0.161. The van der Waals surface area contributed by atoms with E-state index >= 15 is 0 Å². The number of hydrogen-bond donors (Lipinski definition) is 0. The topological polar surface area (TPSA) is 46.8 Å². The molecule has 2 aromatic heterocycles. The first kappa shape index (κ1) is 10.3. The summed E-state index contributed by atoms with van der Waals surface area (Å²) in [5.74, 6) is -0.161. The second-order valence-corrected chi connectivity index (χ2v) is 4.12. The molecule has 0 radical (unpaired) electrons. The number of hydroxylamine groups is 2. The van der Waals surface area contributed by atoms with E-state index in [1.807, 2.05) is 29.5 Å². The van der Waals surface area contributed by atoms with E-state index in [0.717, 1.165) is 17.8 Å². The number of rotatable bonds is 1. The van der Waals surface area contributed by atoms with E-state index in [9.17, 15) is 4.79 Å². The second-order valence-electron chi connectivity index (χ2n) is 4.12. The van der Waals surface area contributed by atoms with E-state index in [4.69, 9.17) is 4.84 Å². The van der Waals surface area contributed by atoms with Crippen molar-refractivity contribution in [2.24, 2.45) is 0 Å². The number of fused-ring (bicyclic) bond motifs is 1. The van der Waals surface area contributed by atoms with Crippen LogP contribution in [0.5, 0.6) is 0 Å². The van der Waals surface area contributed by atoms with Crippen LogP contribution in [0.2, 0.25) is 0 Å². The van der Waals surface area contributed by atoms with Crippen LogP contribution in [0.25, 0.3) is 5.65 Å². The third kappa shape index (κ3) is 1.68. The van der Waals surface area contributed by atoms with Crippen LogP contribution in [0.3, 0.4) is 0 Å². The highest BCUT2D eigenvalue weighted by Crippen LogP contribution is 2.13. The molecule has 2 aromatic rings. The van der Waals surface area contributed by atoms with Crippen LogP contribution in [0.1, 0.15) is 22.6 Å². The van der Waals surface area contributed by atoms with Crippen molar-refractivity contribution in [3.63, 3.8) is 0 Å². The maximum atomic E-state index is 12.1. The Balaban J connectivity index is 2.00. The van der Waals surface area contributed by atoms with Crippen LogP contribution in [0, 0.1) is 6.92 Å². The highest BCUT2D eigenvalue weighted by Gasteiger charge is 2.23. The Labute approximate surface area is 98.6 Å². The fourth-order valence-corrected chi connectivity index (χ4v) is 1.99. The van der Waals surface area contributed by atoms with Gasteiger partial charge in [-0.05, 0) is 25.5 Å². The van der Waals surface area contributed by atoms with Gasteiger partial charge in [-0.1, -0.05) is 6.07 Å². The number of aryl methyl sites for hydroxylation is 1. The quantitative estimate of drug-likeness (QED) is 0.745. The summed E-state index contributed by atoms with van der Waals surface area (Å²) in [6, 6.07) is 5.79. The number of carbonyl (C=O) groups is 1. The van der Waals surface area contributed by atoms with Crippen LogP contribution < -0.4 is 0 Å². The SMILES string of the molecule is Cc1cccc2nc(C(=O)N3CCCO3)cn12. The highest BCUT2D eigenvalue weighted by atomic mass is 16.7. The van der Waals surface area contributed by atoms with E-state index in [1.165, 1.54) is 5.06 Å². The molecule has 0 aliphatic carbocycles. The molecule has 17 heavy (non-hydrogen) atoms. The normalized spacial score (nSPS) is 15.7. The second kappa shape index (κ2) is 3.85. The number of nitrogens with zero attached hydrogens (tertiary/aromatic N) is 3. The Hall–Kier alpha value is -1.88. The first-order valence-corrected chi connectivity index (χ1v) is 5.65. The number of aromatic nitrogens is 2. The van der Waals surface area contributed by atoms with Crippen molar-refractivity contribution >= 4 is 11.6 Å². The standard InChI is InChI=1S/C12H13N3O2/c1-9-4-2-5-11-13-10(8-14(9)11)12(16)15-6-3-7-17-15/h2,4-5,8H,3,6-7H2,1H3. The maximum absolute atomic E-state index is 12.1. The van der Waals surface area contributed by atoms with Gasteiger partial charge in [-0.3, -0.25) is 9.63 Å². The molecule has 0 N–H and O–H groups in total. The van der Waals surface area contributed by atoms with Gasteiger partial charge in [0.15, 0.2) is 0 Å². The fourth-order valence-electron chi connectivity index (χ4n) is 1.99. The van der Waals surface area contributed by atoms with E-state index in [-0.39, 0.29) is 5.91 Å². The van der Waals surface area contributed by atoms with Crippen molar-refractivity contribution in [3.8, 4) is 0 Å². The summed E-state index contributed by atoms with van der Waals surface area (Å²) in [6.07, 6.45) is 2.65. The molecule has 1 aliphatic rings. The van der Waals surface area contributed by atoms with Crippen molar-refractivity contribution in [3.05, 3.63) is 35.8 Å². The first-order valence-electron chi connectivity index (χ1n) is 5.65. The lowest BCUT2D eigenvalue weighted by atomic mass is 10.4. The minimum Gasteiger partial charge on any atom is -0.304 e. The zero-order valence-electron chi connectivity index (χ0n) is 9.59. The van der Waals surface area contributed by atoms with E-state index in [2.05, 4.69) is 4.98 Å². The molecule has 0 saturated carbocycles. The lowest BCUT2D eigenvalue weighted by molar-refractivity contribution is -0.0771. The van der Waals surface area contributed by atoms with Gasteiger partial charge in [0.2, 0.25) is 0 Å². The van der Waals surface area contributed by atoms with Gasteiger partial charge >= 0.3 is 0 Å². The van der Waals surface area contributed by atoms with Gasteiger partial charge in [0.1, 0.15) is 11.3 Å². The lowest BCUT2D eigenvalue weighted by Gasteiger charge is -2.11. The Bertz CT molecular complexity index is 570. The van der Waals surface area contributed by atoms with Gasteiger partial charge in [-0.25, -0.2) is 10.0 Å². The molecule has 1 amide bonds. The van der Waals surface area contributed by atoms with E-state index < -0.39 is 0 Å². The molecule has 88 valence electrons. The van der Waals surface area contributed by atoms with Crippen molar-refractivity contribution in [2.75, 3.05) is 13.2 Å². The van der Waals surface area contributed by atoms with Crippen molar-refractivity contribution in [1.82, 2.24) is 14.4 Å². The summed E-state index contributed by atoms with van der Waals surface area (Å²) >= 11 is 0. The molecule has 5 heteroatoms. The highest BCUT2D eigenvalue weighted by molar-refractivity contribution is 5.92. The van der Waals surface area contributed by atoms with Gasteiger partial charge in [0, 0.05) is 11.9 Å². The largest absolute Gasteiger partial charge is 0.304 e. The number of carbonyl (C=O) groups excluding carboxylic acids is 1. The number of imidazole rings is 1. The predicted octanol–water partition coefficient (Wildman–Crippen LogP) is 1.42. The molecular formula is C12H13N3O2. The van der Waals surface area contributed by atoms with Gasteiger partial charge in [0.25, 0.3) is 5.91 Å². The zero-order chi connectivity index (χ0) is 11.8. The Morgan fingerprint density at radius 2 is 2.35 bits per heavy atom. The average Bonchev–Trinajstić information content (AvgIpc) is 2.98. The monoisotopic (exact) mass is 231 g/mol. The third-order valence-electron chi connectivity index (χ3n) is 2.89. The van der Waals surface area contributed by atoms with Gasteiger partial charge in [0.05, 0.1) is 13.2 Å². The van der Waals surface area contributed by atoms with Gasteiger partial charge in [-0.2, -0.15) is 0 Å². The molecule has 0 spiro atoms. The van der Waals surface area contributed by atoms with Crippen LogP contribution >= 0.6 is 0 Å². The van der Waals surface area contributed by atoms with Crippen LogP contribution in [-0.4, -0.2) is 33.5 Å². The molecule has 0 bridgehead atoms. The predicted molar refractivity (Wildman–Crippen MR) is 61.5 cm³/mol. The van der Waals surface area contributed by atoms with Gasteiger partial charge in [-0.15, -0.1) is 0 Å². The Kier molecular flexibility index (Phi) is 2.33. The summed E-state index contributed by atoms with van der Waals surface area (Å²) in [5, 5.41) is 1.39. The van der Waals surface area contributed by atoms with Crippen LogP contribution in [-0.2, 0) is 4.84 Å². The van der Waals surface area contributed by atoms with E-state index in [0.29, 0.717) is 18.8 Å². The zero-order valence-corrected chi connectivity index (χ0v) is 9.59. The molecule has 1 saturated heterocycles. The maximum Gasteiger partial charge on any atom is 0.297 e. The van der Waals surface area contributed by atoms with Crippen molar-refractivity contribution in [2.45, 2.75) is 13.3 Å². The Morgan fingerprint density at radius 1 is 1.47 bits per heavy atom. The number of amides is 1. The smallest absolute Gasteiger partial charge is 0.297 e. The molecule has 0 atom stereocenters. The average molecular weight is 231 g/mol. The van der Waals surface area contributed by atoms with Crippen molar-refractivity contribution < 1.29 is 9.63 Å². The summed E-state index contributed by atoms with van der Waals surface area (Å²) in [6.45, 7) is 3.24. The molecule has 0 aromatic carbocycles. The van der Waals surface area contributed by atoms with Crippen LogP contribution in [0.4, 0.5) is 0 Å². The molecule has 0 unspecified atom stereocenters. The molecule has 1 fully saturated rings. The minimum absolute atomic E-state index is 0.161. The summed E-state index contributed by atoms with van der Waals surface area (Å²) in [5.41, 5.74) is 2.27. The molecule has 3 rings (SSSR count). The molecule has 3 heterocycles. The number of pyridine rings is 1.